The third-order valence-electron chi connectivity index (χ3n) is 2.08. The van der Waals surface area contributed by atoms with Crippen LogP contribution in [0.2, 0.25) is 0 Å². The topological polar surface area (TPSA) is 25.2 Å². The Labute approximate surface area is 81.2 Å². The number of aliphatic hydroxyl groups excluding tert-OH is 1. The third kappa shape index (κ3) is 1.54. The average molecular weight is 191 g/mol. The van der Waals surface area contributed by atoms with E-state index in [-0.39, 0.29) is 12.4 Å². The minimum Gasteiger partial charge on any atom is -0.390 e. The molecule has 0 saturated heterocycles. The minimum absolute atomic E-state index is 0.0521. The van der Waals surface area contributed by atoms with Crippen molar-refractivity contribution < 1.29 is 9.50 Å². The lowest BCUT2D eigenvalue weighted by Crippen LogP contribution is -1.98. The molecule has 0 aliphatic heterocycles. The van der Waals surface area contributed by atoms with E-state index in [4.69, 9.17) is 5.11 Å². The Kier molecular flexibility index (Phi) is 2.33. The summed E-state index contributed by atoms with van der Waals surface area (Å²) in [5, 5.41) is 9.02. The van der Waals surface area contributed by atoms with Crippen molar-refractivity contribution in [1.29, 1.82) is 0 Å². The fourth-order valence-corrected chi connectivity index (χ4v) is 1.42. The van der Waals surface area contributed by atoms with Gasteiger partial charge in [-0.3, -0.25) is 0 Å². The third-order valence-corrected chi connectivity index (χ3v) is 2.08. The first-order valence-electron chi connectivity index (χ1n) is 4.34. The van der Waals surface area contributed by atoms with Crippen LogP contribution in [-0.4, -0.2) is 9.67 Å². The van der Waals surface area contributed by atoms with Crippen LogP contribution in [0.3, 0.4) is 0 Å². The van der Waals surface area contributed by atoms with Gasteiger partial charge >= 0.3 is 0 Å². The number of hydrogen-bond donors (Lipinski definition) is 1. The van der Waals surface area contributed by atoms with Crippen LogP contribution in [0, 0.1) is 5.82 Å². The van der Waals surface area contributed by atoms with Crippen LogP contribution in [0.15, 0.2) is 42.6 Å². The Morgan fingerprint density at radius 3 is 2.79 bits per heavy atom. The van der Waals surface area contributed by atoms with Gasteiger partial charge in [0, 0.05) is 17.6 Å². The average Bonchev–Trinajstić information content (AvgIpc) is 2.65. The van der Waals surface area contributed by atoms with Gasteiger partial charge in [-0.05, 0) is 30.3 Å². The largest absolute Gasteiger partial charge is 0.390 e. The van der Waals surface area contributed by atoms with E-state index in [1.54, 1.807) is 29.0 Å². The van der Waals surface area contributed by atoms with E-state index >= 15 is 0 Å². The fraction of sp³-hybridized carbons (Fsp3) is 0.0909. The maximum absolute atomic E-state index is 12.9. The van der Waals surface area contributed by atoms with E-state index in [1.807, 2.05) is 6.07 Å². The first-order valence-corrected chi connectivity index (χ1v) is 4.34. The molecule has 1 aromatic heterocycles. The summed E-state index contributed by atoms with van der Waals surface area (Å²) < 4.78 is 14.7. The van der Waals surface area contributed by atoms with Crippen molar-refractivity contribution in [2.75, 3.05) is 0 Å². The molecule has 0 radical (unpaired) electrons. The molecular formula is C11H10FNO. The minimum atomic E-state index is -0.278. The second kappa shape index (κ2) is 3.64. The molecule has 0 atom stereocenters. The van der Waals surface area contributed by atoms with Gasteiger partial charge in [-0.15, -0.1) is 0 Å². The van der Waals surface area contributed by atoms with Crippen molar-refractivity contribution in [2.45, 2.75) is 6.61 Å². The SMILES string of the molecule is OCc1cccn1-c1cccc(F)c1. The van der Waals surface area contributed by atoms with Gasteiger partial charge in [0.05, 0.1) is 6.61 Å². The van der Waals surface area contributed by atoms with Gasteiger partial charge in [-0.2, -0.15) is 0 Å². The highest BCUT2D eigenvalue weighted by molar-refractivity contribution is 5.35. The normalized spacial score (nSPS) is 10.4. The molecule has 0 bridgehead atoms. The van der Waals surface area contributed by atoms with Crippen LogP contribution in [-0.2, 0) is 6.61 Å². The zero-order valence-electron chi connectivity index (χ0n) is 7.52. The molecule has 1 aromatic carbocycles. The number of hydrogen-bond acceptors (Lipinski definition) is 1. The van der Waals surface area contributed by atoms with Crippen LogP contribution in [0.4, 0.5) is 4.39 Å². The van der Waals surface area contributed by atoms with Crippen LogP contribution in [0.5, 0.6) is 0 Å². The van der Waals surface area contributed by atoms with Gasteiger partial charge in [0.2, 0.25) is 0 Å². The number of halogens is 1. The molecule has 1 heterocycles. The van der Waals surface area contributed by atoms with Crippen molar-refractivity contribution in [3.8, 4) is 5.69 Å². The predicted octanol–water partition coefficient (Wildman–Crippen LogP) is 2.11. The molecule has 0 spiro atoms. The molecule has 0 amide bonds. The van der Waals surface area contributed by atoms with Crippen molar-refractivity contribution in [2.24, 2.45) is 0 Å². The van der Waals surface area contributed by atoms with Crippen molar-refractivity contribution in [3.63, 3.8) is 0 Å². The smallest absolute Gasteiger partial charge is 0.125 e. The standard InChI is InChI=1S/C11H10FNO/c12-9-3-1-4-10(7-9)13-6-2-5-11(13)8-14/h1-7,14H,8H2. The molecule has 2 aromatic rings. The molecule has 2 rings (SSSR count). The van der Waals surface area contributed by atoms with Gasteiger partial charge in [0.1, 0.15) is 5.82 Å². The fourth-order valence-electron chi connectivity index (χ4n) is 1.42. The lowest BCUT2D eigenvalue weighted by molar-refractivity contribution is 0.274. The summed E-state index contributed by atoms with van der Waals surface area (Å²) >= 11 is 0. The molecule has 0 unspecified atom stereocenters. The Hall–Kier alpha value is -1.61. The Morgan fingerprint density at radius 2 is 2.07 bits per heavy atom. The second-order valence-electron chi connectivity index (χ2n) is 3.01. The van der Waals surface area contributed by atoms with Crippen LogP contribution in [0.1, 0.15) is 5.69 Å². The molecule has 0 aliphatic rings. The molecule has 2 nitrogen and oxygen atoms in total. The van der Waals surface area contributed by atoms with E-state index in [1.165, 1.54) is 12.1 Å². The lowest BCUT2D eigenvalue weighted by atomic mass is 10.3. The van der Waals surface area contributed by atoms with Gasteiger partial charge in [0.15, 0.2) is 0 Å². The highest BCUT2D eigenvalue weighted by Gasteiger charge is 2.02. The van der Waals surface area contributed by atoms with E-state index < -0.39 is 0 Å². The highest BCUT2D eigenvalue weighted by atomic mass is 19.1. The van der Waals surface area contributed by atoms with E-state index in [0.29, 0.717) is 0 Å². The van der Waals surface area contributed by atoms with Crippen molar-refractivity contribution in [1.82, 2.24) is 4.57 Å². The molecule has 1 N–H and O–H groups in total. The predicted molar refractivity (Wildman–Crippen MR) is 51.6 cm³/mol. The maximum Gasteiger partial charge on any atom is 0.125 e. The lowest BCUT2D eigenvalue weighted by Gasteiger charge is -2.06. The summed E-state index contributed by atoms with van der Waals surface area (Å²) in [6.45, 7) is -0.0521. The molecule has 0 fully saturated rings. The summed E-state index contributed by atoms with van der Waals surface area (Å²) in [6.07, 6.45) is 1.79. The van der Waals surface area contributed by atoms with Crippen molar-refractivity contribution in [3.05, 3.63) is 54.1 Å². The second-order valence-corrected chi connectivity index (χ2v) is 3.01. The number of aliphatic hydroxyl groups is 1. The number of benzene rings is 1. The van der Waals surface area contributed by atoms with E-state index in [9.17, 15) is 4.39 Å². The van der Waals surface area contributed by atoms with Gasteiger partial charge < -0.3 is 9.67 Å². The highest BCUT2D eigenvalue weighted by Crippen LogP contribution is 2.13. The number of nitrogens with zero attached hydrogens (tertiary/aromatic N) is 1. The Bertz CT molecular complexity index is 436. The molecule has 3 heteroatoms. The number of rotatable bonds is 2. The monoisotopic (exact) mass is 191 g/mol. The number of aromatic nitrogens is 1. The molecule has 14 heavy (non-hydrogen) atoms. The summed E-state index contributed by atoms with van der Waals surface area (Å²) in [6, 6.07) is 9.88. The van der Waals surface area contributed by atoms with Crippen LogP contribution < -0.4 is 0 Å². The Balaban J connectivity index is 2.49. The zero-order chi connectivity index (χ0) is 9.97. The first-order chi connectivity index (χ1) is 6.81. The summed E-state index contributed by atoms with van der Waals surface area (Å²) in [7, 11) is 0. The zero-order valence-corrected chi connectivity index (χ0v) is 7.52. The van der Waals surface area contributed by atoms with Crippen molar-refractivity contribution >= 4 is 0 Å². The first kappa shape index (κ1) is 8.97. The molecule has 0 saturated carbocycles. The Morgan fingerprint density at radius 1 is 1.21 bits per heavy atom. The van der Waals surface area contributed by atoms with Gasteiger partial charge in [-0.25, -0.2) is 4.39 Å². The van der Waals surface area contributed by atoms with E-state index in [2.05, 4.69) is 0 Å². The molecule has 0 aliphatic carbocycles. The summed E-state index contributed by atoms with van der Waals surface area (Å²) in [5.41, 5.74) is 1.47. The molecule has 72 valence electrons. The summed E-state index contributed by atoms with van der Waals surface area (Å²) in [5.74, 6) is -0.278. The van der Waals surface area contributed by atoms with Gasteiger partial charge in [0.25, 0.3) is 0 Å². The maximum atomic E-state index is 12.9. The summed E-state index contributed by atoms with van der Waals surface area (Å²) in [4.78, 5) is 0. The van der Waals surface area contributed by atoms with Crippen LogP contribution >= 0.6 is 0 Å². The quantitative estimate of drug-likeness (QED) is 0.772. The van der Waals surface area contributed by atoms with Crippen LogP contribution in [0.25, 0.3) is 5.69 Å². The van der Waals surface area contributed by atoms with Gasteiger partial charge in [-0.1, -0.05) is 6.07 Å². The molecular weight excluding hydrogens is 181 g/mol. The van der Waals surface area contributed by atoms with E-state index in [0.717, 1.165) is 11.4 Å².